The summed E-state index contributed by atoms with van der Waals surface area (Å²) in [5.74, 6) is 5.32. The van der Waals surface area contributed by atoms with Crippen LogP contribution in [-0.4, -0.2) is 9.78 Å². The molecule has 1 aromatic carbocycles. The number of hydrogen-bond donors (Lipinski definition) is 2. The first kappa shape index (κ1) is 13.7. The van der Waals surface area contributed by atoms with Crippen LogP contribution in [-0.2, 0) is 19.9 Å². The minimum atomic E-state index is -0.263. The fourth-order valence-electron chi connectivity index (χ4n) is 2.16. The van der Waals surface area contributed by atoms with Crippen LogP contribution in [0.15, 0.2) is 30.3 Å². The van der Waals surface area contributed by atoms with Crippen LogP contribution in [0.5, 0.6) is 0 Å². The van der Waals surface area contributed by atoms with E-state index in [2.05, 4.69) is 17.4 Å². The highest BCUT2D eigenvalue weighted by molar-refractivity contribution is 5.23. The summed E-state index contributed by atoms with van der Waals surface area (Å²) in [5, 5.41) is 4.39. The number of benzene rings is 1. The first-order valence-corrected chi connectivity index (χ1v) is 6.38. The Bertz CT molecular complexity index is 550. The van der Waals surface area contributed by atoms with Gasteiger partial charge >= 0.3 is 0 Å². The fourth-order valence-corrected chi connectivity index (χ4v) is 2.16. The maximum Gasteiger partial charge on any atom is 0.128 e. The molecule has 0 spiro atoms. The van der Waals surface area contributed by atoms with Crippen LogP contribution in [0.25, 0.3) is 0 Å². The standard InChI is InChI=1S/C14H19FN4/c1-3-10-8-11(19(2)18-10)9-14(17-16)12-6-4-5-7-13(12)15/h4-8,14,17H,3,9,16H2,1-2H3. The second kappa shape index (κ2) is 5.95. The second-order valence-corrected chi connectivity index (χ2v) is 4.55. The van der Waals surface area contributed by atoms with Gasteiger partial charge in [0.2, 0.25) is 0 Å². The molecule has 19 heavy (non-hydrogen) atoms. The number of aryl methyl sites for hydroxylation is 2. The van der Waals surface area contributed by atoms with Crippen molar-refractivity contribution < 1.29 is 4.39 Å². The molecule has 0 radical (unpaired) electrons. The highest BCUT2D eigenvalue weighted by atomic mass is 19.1. The van der Waals surface area contributed by atoms with Crippen molar-refractivity contribution in [2.24, 2.45) is 12.9 Å². The molecule has 0 aliphatic heterocycles. The van der Waals surface area contributed by atoms with Crippen molar-refractivity contribution in [2.75, 3.05) is 0 Å². The Morgan fingerprint density at radius 2 is 2.16 bits per heavy atom. The van der Waals surface area contributed by atoms with Gasteiger partial charge in [-0.2, -0.15) is 5.10 Å². The molecular formula is C14H19FN4. The first-order chi connectivity index (χ1) is 9.15. The normalized spacial score (nSPS) is 12.6. The van der Waals surface area contributed by atoms with Crippen molar-refractivity contribution >= 4 is 0 Å². The first-order valence-electron chi connectivity index (χ1n) is 6.38. The molecule has 1 aromatic heterocycles. The molecule has 2 rings (SSSR count). The highest BCUT2D eigenvalue weighted by Gasteiger charge is 2.16. The van der Waals surface area contributed by atoms with E-state index in [1.165, 1.54) is 6.07 Å². The summed E-state index contributed by atoms with van der Waals surface area (Å²) >= 11 is 0. The largest absolute Gasteiger partial charge is 0.272 e. The Kier molecular flexibility index (Phi) is 4.29. The lowest BCUT2D eigenvalue weighted by Crippen LogP contribution is -2.30. The molecule has 0 saturated carbocycles. The molecule has 0 saturated heterocycles. The number of rotatable bonds is 5. The van der Waals surface area contributed by atoms with Crippen LogP contribution in [0.1, 0.15) is 29.9 Å². The Morgan fingerprint density at radius 1 is 1.42 bits per heavy atom. The van der Waals surface area contributed by atoms with Gasteiger partial charge in [0, 0.05) is 24.7 Å². The van der Waals surface area contributed by atoms with Crippen LogP contribution in [0.4, 0.5) is 4.39 Å². The minimum absolute atomic E-state index is 0.247. The third kappa shape index (κ3) is 3.00. The summed E-state index contributed by atoms with van der Waals surface area (Å²) in [6, 6.07) is 8.44. The van der Waals surface area contributed by atoms with Crippen molar-refractivity contribution in [3.8, 4) is 0 Å². The van der Waals surface area contributed by atoms with Gasteiger partial charge in [-0.15, -0.1) is 0 Å². The fraction of sp³-hybridized carbons (Fsp3) is 0.357. The smallest absolute Gasteiger partial charge is 0.128 e. The average Bonchev–Trinajstić information content (AvgIpc) is 2.77. The van der Waals surface area contributed by atoms with E-state index < -0.39 is 0 Å². The van der Waals surface area contributed by atoms with Gasteiger partial charge in [-0.1, -0.05) is 25.1 Å². The molecule has 0 aliphatic carbocycles. The van der Waals surface area contributed by atoms with Crippen molar-refractivity contribution in [2.45, 2.75) is 25.8 Å². The molecule has 102 valence electrons. The maximum atomic E-state index is 13.8. The summed E-state index contributed by atoms with van der Waals surface area (Å²) in [6.07, 6.45) is 1.48. The summed E-state index contributed by atoms with van der Waals surface area (Å²) in [6.45, 7) is 2.06. The molecule has 1 atom stereocenters. The van der Waals surface area contributed by atoms with Gasteiger partial charge in [0.15, 0.2) is 0 Å². The molecule has 0 amide bonds. The van der Waals surface area contributed by atoms with E-state index in [1.54, 1.807) is 12.1 Å². The Morgan fingerprint density at radius 3 is 2.74 bits per heavy atom. The number of hydrazine groups is 1. The second-order valence-electron chi connectivity index (χ2n) is 4.55. The number of nitrogens with one attached hydrogen (secondary N) is 1. The number of nitrogens with zero attached hydrogens (tertiary/aromatic N) is 2. The van der Waals surface area contributed by atoms with Crippen LogP contribution >= 0.6 is 0 Å². The van der Waals surface area contributed by atoms with Crippen molar-refractivity contribution in [3.05, 3.63) is 53.1 Å². The van der Waals surface area contributed by atoms with Gasteiger partial charge in [-0.3, -0.25) is 16.0 Å². The zero-order valence-corrected chi connectivity index (χ0v) is 11.2. The molecule has 5 heteroatoms. The number of hydrogen-bond acceptors (Lipinski definition) is 3. The zero-order chi connectivity index (χ0) is 13.8. The number of halogens is 1. The third-order valence-corrected chi connectivity index (χ3v) is 3.28. The summed E-state index contributed by atoms with van der Waals surface area (Å²) in [4.78, 5) is 0. The van der Waals surface area contributed by atoms with Gasteiger partial charge in [-0.05, 0) is 18.6 Å². The van der Waals surface area contributed by atoms with E-state index >= 15 is 0 Å². The van der Waals surface area contributed by atoms with E-state index in [1.807, 2.05) is 23.9 Å². The topological polar surface area (TPSA) is 55.9 Å². The van der Waals surface area contributed by atoms with Crippen LogP contribution < -0.4 is 11.3 Å². The van der Waals surface area contributed by atoms with Gasteiger partial charge in [0.25, 0.3) is 0 Å². The lowest BCUT2D eigenvalue weighted by molar-refractivity contribution is 0.497. The molecule has 4 nitrogen and oxygen atoms in total. The summed E-state index contributed by atoms with van der Waals surface area (Å²) in [7, 11) is 1.89. The van der Waals surface area contributed by atoms with E-state index in [0.29, 0.717) is 12.0 Å². The zero-order valence-electron chi connectivity index (χ0n) is 11.2. The highest BCUT2D eigenvalue weighted by Crippen LogP contribution is 2.20. The molecule has 0 aliphatic rings. The quantitative estimate of drug-likeness (QED) is 0.639. The van der Waals surface area contributed by atoms with E-state index in [-0.39, 0.29) is 11.9 Å². The lowest BCUT2D eigenvalue weighted by Gasteiger charge is -2.16. The predicted molar refractivity (Wildman–Crippen MR) is 72.8 cm³/mol. The van der Waals surface area contributed by atoms with Crippen LogP contribution in [0.3, 0.4) is 0 Å². The van der Waals surface area contributed by atoms with Gasteiger partial charge in [0.05, 0.1) is 11.7 Å². The molecule has 1 unspecified atom stereocenters. The van der Waals surface area contributed by atoms with E-state index in [9.17, 15) is 4.39 Å². The minimum Gasteiger partial charge on any atom is -0.272 e. The Hall–Kier alpha value is -1.72. The number of nitrogens with two attached hydrogens (primary N) is 1. The molecule has 0 fully saturated rings. The Balaban J connectivity index is 2.24. The van der Waals surface area contributed by atoms with E-state index in [4.69, 9.17) is 5.84 Å². The third-order valence-electron chi connectivity index (χ3n) is 3.28. The van der Waals surface area contributed by atoms with E-state index in [0.717, 1.165) is 17.8 Å². The monoisotopic (exact) mass is 262 g/mol. The van der Waals surface area contributed by atoms with Crippen molar-refractivity contribution in [3.63, 3.8) is 0 Å². The van der Waals surface area contributed by atoms with Crippen LogP contribution in [0.2, 0.25) is 0 Å². The maximum absolute atomic E-state index is 13.8. The molecule has 1 heterocycles. The summed E-state index contributed by atoms with van der Waals surface area (Å²) < 4.78 is 15.6. The van der Waals surface area contributed by atoms with Crippen LogP contribution in [0, 0.1) is 5.82 Å². The predicted octanol–water partition coefficient (Wildman–Crippen LogP) is 1.87. The van der Waals surface area contributed by atoms with Crippen molar-refractivity contribution in [1.29, 1.82) is 0 Å². The van der Waals surface area contributed by atoms with Gasteiger partial charge in [-0.25, -0.2) is 4.39 Å². The van der Waals surface area contributed by atoms with Gasteiger partial charge in [0.1, 0.15) is 5.82 Å². The Labute approximate surface area is 112 Å². The molecule has 2 aromatic rings. The lowest BCUT2D eigenvalue weighted by atomic mass is 10.0. The average molecular weight is 262 g/mol. The van der Waals surface area contributed by atoms with Gasteiger partial charge < -0.3 is 0 Å². The number of aromatic nitrogens is 2. The van der Waals surface area contributed by atoms with Crippen molar-refractivity contribution in [1.82, 2.24) is 15.2 Å². The summed E-state index contributed by atoms with van der Waals surface area (Å²) in [5.41, 5.74) is 5.31. The SMILES string of the molecule is CCc1cc(CC(NN)c2ccccc2F)n(C)n1. The molecular weight excluding hydrogens is 243 g/mol. The molecule has 3 N–H and O–H groups in total. The molecule has 0 bridgehead atoms.